The number of nitrogens with two attached hydrogens (primary N) is 1. The third kappa shape index (κ3) is 4.61. The second-order valence-electron chi connectivity index (χ2n) is 3.94. The Labute approximate surface area is 104 Å². The number of halogens is 2. The van der Waals surface area contributed by atoms with Crippen LogP contribution in [0.5, 0.6) is 0 Å². The largest absolute Gasteiger partial charge is 0.396 e. The summed E-state index contributed by atoms with van der Waals surface area (Å²) in [7, 11) is 0. The zero-order valence-electron chi connectivity index (χ0n) is 9.70. The van der Waals surface area contributed by atoms with Gasteiger partial charge < -0.3 is 10.8 Å². The Hall–Kier alpha value is -0.650. The van der Waals surface area contributed by atoms with Crippen LogP contribution in [0.3, 0.4) is 0 Å². The summed E-state index contributed by atoms with van der Waals surface area (Å²) in [6, 6.07) is 3.40. The van der Waals surface area contributed by atoms with E-state index >= 15 is 0 Å². The fourth-order valence-electron chi connectivity index (χ4n) is 1.37. The molecule has 3 N–H and O–H groups in total. The average molecular weight is 261 g/mol. The van der Waals surface area contributed by atoms with Gasteiger partial charge in [0.2, 0.25) is 0 Å². The molecule has 1 rings (SSSR count). The highest BCUT2D eigenvalue weighted by molar-refractivity contribution is 7.99. The van der Waals surface area contributed by atoms with Crippen molar-refractivity contribution in [1.29, 1.82) is 0 Å². The minimum atomic E-state index is -0.869. The van der Waals surface area contributed by atoms with E-state index in [2.05, 4.69) is 0 Å². The van der Waals surface area contributed by atoms with Crippen LogP contribution in [0.2, 0.25) is 0 Å². The first-order chi connectivity index (χ1) is 8.04. The van der Waals surface area contributed by atoms with Gasteiger partial charge in [0.25, 0.3) is 0 Å². The molecule has 0 aliphatic rings. The summed E-state index contributed by atoms with van der Waals surface area (Å²) >= 11 is 1.61. The van der Waals surface area contributed by atoms with Gasteiger partial charge >= 0.3 is 0 Å². The third-order valence-corrected chi connectivity index (χ3v) is 3.82. The first-order valence-electron chi connectivity index (χ1n) is 5.47. The molecule has 96 valence electrons. The Morgan fingerprint density at radius 3 is 2.65 bits per heavy atom. The fraction of sp³-hybridized carbons (Fsp3) is 0.500. The second kappa shape index (κ2) is 6.93. The number of hydrogen-bond donors (Lipinski definition) is 2. The van der Waals surface area contributed by atoms with Crippen molar-refractivity contribution in [2.24, 2.45) is 5.73 Å². The molecular weight excluding hydrogens is 244 g/mol. The summed E-state index contributed by atoms with van der Waals surface area (Å²) in [5.74, 6) is -1.11. The second-order valence-corrected chi connectivity index (χ2v) is 5.41. The van der Waals surface area contributed by atoms with E-state index in [1.165, 1.54) is 6.07 Å². The van der Waals surface area contributed by atoms with Crippen LogP contribution in [0.1, 0.15) is 24.9 Å². The molecule has 0 heterocycles. The molecule has 0 saturated carbocycles. The first kappa shape index (κ1) is 14.4. The average Bonchev–Trinajstić information content (AvgIpc) is 2.30. The highest BCUT2D eigenvalue weighted by atomic mass is 32.2. The minimum Gasteiger partial charge on any atom is -0.396 e. The molecule has 0 aliphatic carbocycles. The van der Waals surface area contributed by atoms with Crippen molar-refractivity contribution in [2.45, 2.75) is 24.6 Å². The lowest BCUT2D eigenvalue weighted by atomic mass is 10.1. The molecule has 2 nitrogen and oxygen atoms in total. The summed E-state index contributed by atoms with van der Waals surface area (Å²) in [6.45, 7) is 2.15. The Morgan fingerprint density at radius 2 is 2.06 bits per heavy atom. The van der Waals surface area contributed by atoms with Crippen LogP contribution < -0.4 is 5.73 Å². The SMILES string of the molecule is CC(CCO)SCC(N)c1ccc(F)c(F)c1. The third-order valence-electron chi connectivity index (χ3n) is 2.47. The lowest BCUT2D eigenvalue weighted by Crippen LogP contribution is -2.15. The van der Waals surface area contributed by atoms with E-state index in [0.29, 0.717) is 23.0 Å². The number of thioether (sulfide) groups is 1. The van der Waals surface area contributed by atoms with Crippen molar-refractivity contribution in [2.75, 3.05) is 12.4 Å². The normalized spacial score (nSPS) is 14.6. The van der Waals surface area contributed by atoms with Gasteiger partial charge in [-0.15, -0.1) is 0 Å². The standard InChI is InChI=1S/C12H17F2NOS/c1-8(4-5-16)17-7-12(15)9-2-3-10(13)11(14)6-9/h2-3,6,8,12,16H,4-5,7,15H2,1H3. The maximum Gasteiger partial charge on any atom is 0.159 e. The van der Waals surface area contributed by atoms with Crippen LogP contribution in [-0.2, 0) is 0 Å². The smallest absolute Gasteiger partial charge is 0.159 e. The molecular formula is C12H17F2NOS. The highest BCUT2D eigenvalue weighted by Crippen LogP contribution is 2.22. The Kier molecular flexibility index (Phi) is 5.88. The van der Waals surface area contributed by atoms with Crippen molar-refractivity contribution >= 4 is 11.8 Å². The summed E-state index contributed by atoms with van der Waals surface area (Å²) in [6.07, 6.45) is 0.704. The van der Waals surface area contributed by atoms with E-state index in [-0.39, 0.29) is 12.6 Å². The van der Waals surface area contributed by atoms with E-state index in [4.69, 9.17) is 10.8 Å². The number of aliphatic hydroxyl groups excluding tert-OH is 1. The predicted octanol–water partition coefficient (Wildman–Crippen LogP) is 2.47. The van der Waals surface area contributed by atoms with Crippen LogP contribution in [0, 0.1) is 11.6 Å². The number of rotatable bonds is 6. The molecule has 1 aromatic rings. The van der Waals surface area contributed by atoms with Crippen molar-refractivity contribution in [1.82, 2.24) is 0 Å². The van der Waals surface area contributed by atoms with E-state index in [1.54, 1.807) is 11.8 Å². The molecule has 0 bridgehead atoms. The van der Waals surface area contributed by atoms with Gasteiger partial charge in [-0.05, 0) is 24.1 Å². The molecule has 0 amide bonds. The summed E-state index contributed by atoms with van der Waals surface area (Å²) in [4.78, 5) is 0. The molecule has 2 unspecified atom stereocenters. The summed E-state index contributed by atoms with van der Waals surface area (Å²) in [5, 5.41) is 9.05. The van der Waals surface area contributed by atoms with Gasteiger partial charge in [-0.3, -0.25) is 0 Å². The number of aliphatic hydroxyl groups is 1. The number of benzene rings is 1. The van der Waals surface area contributed by atoms with Crippen LogP contribution in [0.15, 0.2) is 18.2 Å². The number of hydrogen-bond acceptors (Lipinski definition) is 3. The van der Waals surface area contributed by atoms with Gasteiger partial charge in [0.15, 0.2) is 11.6 Å². The maximum absolute atomic E-state index is 13.0. The molecule has 0 spiro atoms. The topological polar surface area (TPSA) is 46.2 Å². The monoisotopic (exact) mass is 261 g/mol. The van der Waals surface area contributed by atoms with Gasteiger partial charge in [0.05, 0.1) is 0 Å². The van der Waals surface area contributed by atoms with Gasteiger partial charge in [-0.2, -0.15) is 11.8 Å². The molecule has 2 atom stereocenters. The van der Waals surface area contributed by atoms with E-state index in [9.17, 15) is 8.78 Å². The van der Waals surface area contributed by atoms with Crippen molar-refractivity contribution < 1.29 is 13.9 Å². The van der Waals surface area contributed by atoms with E-state index in [1.807, 2.05) is 6.92 Å². The molecule has 0 saturated heterocycles. The minimum absolute atomic E-state index is 0.147. The highest BCUT2D eigenvalue weighted by Gasteiger charge is 2.11. The Balaban J connectivity index is 2.52. The van der Waals surface area contributed by atoms with E-state index < -0.39 is 11.6 Å². The molecule has 17 heavy (non-hydrogen) atoms. The zero-order valence-corrected chi connectivity index (χ0v) is 10.5. The van der Waals surface area contributed by atoms with Crippen LogP contribution in [0.4, 0.5) is 8.78 Å². The quantitative estimate of drug-likeness (QED) is 0.827. The van der Waals surface area contributed by atoms with E-state index in [0.717, 1.165) is 12.1 Å². The van der Waals surface area contributed by atoms with Crippen molar-refractivity contribution in [3.8, 4) is 0 Å². The molecule has 0 aliphatic heterocycles. The van der Waals surface area contributed by atoms with Crippen LogP contribution in [0.25, 0.3) is 0 Å². The van der Waals surface area contributed by atoms with Crippen molar-refractivity contribution in [3.05, 3.63) is 35.4 Å². The zero-order chi connectivity index (χ0) is 12.8. The summed E-state index contributed by atoms with van der Waals surface area (Å²) in [5.41, 5.74) is 6.48. The molecule has 0 fully saturated rings. The molecule has 0 aromatic heterocycles. The van der Waals surface area contributed by atoms with Gasteiger partial charge in [0.1, 0.15) is 0 Å². The first-order valence-corrected chi connectivity index (χ1v) is 6.52. The lowest BCUT2D eigenvalue weighted by Gasteiger charge is -2.15. The molecule has 1 aromatic carbocycles. The Bertz CT molecular complexity index is 362. The van der Waals surface area contributed by atoms with Gasteiger partial charge in [0, 0.05) is 23.7 Å². The lowest BCUT2D eigenvalue weighted by molar-refractivity contribution is 0.289. The van der Waals surface area contributed by atoms with Gasteiger partial charge in [-0.1, -0.05) is 13.0 Å². The molecule has 0 radical (unpaired) electrons. The maximum atomic E-state index is 13.0. The van der Waals surface area contributed by atoms with Gasteiger partial charge in [-0.25, -0.2) is 8.78 Å². The fourth-order valence-corrected chi connectivity index (χ4v) is 2.37. The molecule has 5 heteroatoms. The van der Waals surface area contributed by atoms with Crippen molar-refractivity contribution in [3.63, 3.8) is 0 Å². The summed E-state index contributed by atoms with van der Waals surface area (Å²) < 4.78 is 25.7. The van der Waals surface area contributed by atoms with Crippen LogP contribution >= 0.6 is 11.8 Å². The predicted molar refractivity (Wildman–Crippen MR) is 66.9 cm³/mol. The van der Waals surface area contributed by atoms with Crippen LogP contribution in [-0.4, -0.2) is 22.7 Å². The Morgan fingerprint density at radius 1 is 1.35 bits per heavy atom.